The second-order valence-corrected chi connectivity index (χ2v) is 8.03. The summed E-state index contributed by atoms with van der Waals surface area (Å²) < 4.78 is 20.4. The minimum Gasteiger partial charge on any atom is -0.507 e. The van der Waals surface area contributed by atoms with Crippen LogP contribution in [-0.2, 0) is 17.7 Å². The lowest BCUT2D eigenvalue weighted by atomic mass is 10.1. The summed E-state index contributed by atoms with van der Waals surface area (Å²) >= 11 is 0. The third-order valence-electron chi connectivity index (χ3n) is 5.83. The smallest absolute Gasteiger partial charge is 0.342 e. The Labute approximate surface area is 191 Å². The first-order valence-corrected chi connectivity index (χ1v) is 10.7. The van der Waals surface area contributed by atoms with E-state index in [9.17, 15) is 19.1 Å². The highest BCUT2D eigenvalue weighted by atomic mass is 19.1. The van der Waals surface area contributed by atoms with Crippen molar-refractivity contribution >= 4 is 22.5 Å². The van der Waals surface area contributed by atoms with Crippen LogP contribution in [0.3, 0.4) is 0 Å². The van der Waals surface area contributed by atoms with Gasteiger partial charge in [-0.15, -0.1) is 0 Å². The third-order valence-corrected chi connectivity index (χ3v) is 5.83. The largest absolute Gasteiger partial charge is 0.507 e. The molecule has 1 heterocycles. The molecule has 1 N–H and O–H groups in total. The van der Waals surface area contributed by atoms with E-state index < -0.39 is 12.6 Å². The SMILES string of the molecule is Cc1cc(C(=O)COC(=O)c2cc3ccccc3cc2O)c(C)n1CCc1ccc(F)cc1. The number of phenolic OH excluding ortho intramolecular Hbond substituents is 1. The molecule has 0 saturated heterocycles. The van der Waals surface area contributed by atoms with E-state index in [0.717, 1.165) is 27.7 Å². The molecule has 0 atom stereocenters. The Kier molecular flexibility index (Phi) is 6.27. The third kappa shape index (κ3) is 4.80. The molecule has 0 amide bonds. The molecule has 0 bridgehead atoms. The van der Waals surface area contributed by atoms with Crippen LogP contribution in [0.5, 0.6) is 5.75 Å². The quantitative estimate of drug-likeness (QED) is 0.306. The molecule has 4 rings (SSSR count). The number of halogens is 1. The standard InChI is InChI=1S/C27H24FNO4/c1-17-13-23(18(2)29(17)12-11-19-7-9-22(28)10-8-19)26(31)16-33-27(32)24-14-20-5-3-4-6-21(20)15-25(24)30/h3-10,13-15,30H,11-12,16H2,1-2H3. The molecule has 5 nitrogen and oxygen atoms in total. The zero-order valence-electron chi connectivity index (χ0n) is 18.5. The maximum absolute atomic E-state index is 13.1. The van der Waals surface area contributed by atoms with E-state index in [-0.39, 0.29) is 22.9 Å². The fourth-order valence-electron chi connectivity index (χ4n) is 4.00. The molecular formula is C27H24FNO4. The van der Waals surface area contributed by atoms with Gasteiger partial charge in [-0.25, -0.2) is 9.18 Å². The first kappa shape index (κ1) is 22.3. The molecule has 6 heteroatoms. The van der Waals surface area contributed by atoms with Crippen molar-refractivity contribution in [1.82, 2.24) is 4.57 Å². The van der Waals surface area contributed by atoms with Crippen LogP contribution < -0.4 is 0 Å². The maximum Gasteiger partial charge on any atom is 0.342 e. The molecule has 3 aromatic carbocycles. The number of carbonyl (C=O) groups excluding carboxylic acids is 2. The van der Waals surface area contributed by atoms with Crippen LogP contribution in [0.1, 0.15) is 37.7 Å². The summed E-state index contributed by atoms with van der Waals surface area (Å²) in [6, 6.07) is 18.5. The number of benzene rings is 3. The Morgan fingerprint density at radius 2 is 1.61 bits per heavy atom. The maximum atomic E-state index is 13.1. The summed E-state index contributed by atoms with van der Waals surface area (Å²) in [5.74, 6) is -1.53. The van der Waals surface area contributed by atoms with E-state index in [2.05, 4.69) is 0 Å². The number of hydrogen-bond donors (Lipinski definition) is 1. The van der Waals surface area contributed by atoms with Gasteiger partial charge in [-0.3, -0.25) is 4.79 Å². The van der Waals surface area contributed by atoms with Crippen LogP contribution in [0.15, 0.2) is 66.7 Å². The highest BCUT2D eigenvalue weighted by molar-refractivity contribution is 6.02. The van der Waals surface area contributed by atoms with Crippen molar-refractivity contribution < 1.29 is 23.8 Å². The first-order chi connectivity index (χ1) is 15.8. The molecule has 4 aromatic rings. The Morgan fingerprint density at radius 1 is 0.939 bits per heavy atom. The minimum absolute atomic E-state index is 0.0197. The number of aromatic nitrogens is 1. The highest BCUT2D eigenvalue weighted by Crippen LogP contribution is 2.26. The number of nitrogens with zero attached hydrogens (tertiary/aromatic N) is 1. The lowest BCUT2D eigenvalue weighted by Gasteiger charge is -2.10. The number of rotatable bonds is 7. The zero-order valence-corrected chi connectivity index (χ0v) is 18.5. The summed E-state index contributed by atoms with van der Waals surface area (Å²) in [6.07, 6.45) is 0.695. The lowest BCUT2D eigenvalue weighted by Crippen LogP contribution is -2.15. The molecule has 0 aliphatic heterocycles. The molecule has 0 saturated carbocycles. The van der Waals surface area contributed by atoms with Gasteiger partial charge in [-0.1, -0.05) is 36.4 Å². The predicted molar refractivity (Wildman–Crippen MR) is 124 cm³/mol. The van der Waals surface area contributed by atoms with Crippen molar-refractivity contribution in [3.8, 4) is 5.75 Å². The summed E-state index contributed by atoms with van der Waals surface area (Å²) in [7, 11) is 0. The number of fused-ring (bicyclic) bond motifs is 1. The van der Waals surface area contributed by atoms with Gasteiger partial charge in [0.15, 0.2) is 6.61 Å². The highest BCUT2D eigenvalue weighted by Gasteiger charge is 2.19. The van der Waals surface area contributed by atoms with Crippen LogP contribution in [0.2, 0.25) is 0 Å². The van der Waals surface area contributed by atoms with Crippen LogP contribution >= 0.6 is 0 Å². The normalized spacial score (nSPS) is 11.0. The average Bonchev–Trinajstić information content (AvgIpc) is 3.09. The fraction of sp³-hybridized carbons (Fsp3) is 0.185. The van der Waals surface area contributed by atoms with E-state index in [4.69, 9.17) is 4.74 Å². The summed E-state index contributed by atoms with van der Waals surface area (Å²) in [5, 5.41) is 11.8. The van der Waals surface area contributed by atoms with Crippen LogP contribution in [-0.4, -0.2) is 28.0 Å². The Balaban J connectivity index is 1.43. The molecule has 0 unspecified atom stereocenters. The van der Waals surface area contributed by atoms with Crippen molar-refractivity contribution in [2.75, 3.05) is 6.61 Å². The Bertz CT molecular complexity index is 1340. The van der Waals surface area contributed by atoms with Gasteiger partial charge in [0, 0.05) is 23.5 Å². The van der Waals surface area contributed by atoms with E-state index in [1.807, 2.05) is 42.7 Å². The number of aromatic hydroxyl groups is 1. The monoisotopic (exact) mass is 445 g/mol. The van der Waals surface area contributed by atoms with E-state index in [1.54, 1.807) is 24.3 Å². The van der Waals surface area contributed by atoms with E-state index in [1.165, 1.54) is 18.2 Å². The predicted octanol–water partition coefficient (Wildman–Crippen LogP) is 5.39. The number of Topliss-reactive ketones (excluding diaryl/α,β-unsaturated/α-hetero) is 1. The molecular weight excluding hydrogens is 421 g/mol. The number of ketones is 1. The second kappa shape index (κ2) is 9.28. The Morgan fingerprint density at radius 3 is 2.30 bits per heavy atom. The zero-order chi connectivity index (χ0) is 23.5. The van der Waals surface area contributed by atoms with Crippen molar-refractivity contribution in [3.05, 3.63) is 101 Å². The van der Waals surface area contributed by atoms with Gasteiger partial charge in [0.2, 0.25) is 5.78 Å². The summed E-state index contributed by atoms with van der Waals surface area (Å²) in [4.78, 5) is 25.3. The molecule has 0 radical (unpaired) electrons. The lowest BCUT2D eigenvalue weighted by molar-refractivity contribution is 0.0471. The van der Waals surface area contributed by atoms with E-state index >= 15 is 0 Å². The topological polar surface area (TPSA) is 68.5 Å². The number of hydrogen-bond acceptors (Lipinski definition) is 4. The van der Waals surface area contributed by atoms with Gasteiger partial charge in [0.25, 0.3) is 0 Å². The minimum atomic E-state index is -0.753. The summed E-state index contributed by atoms with van der Waals surface area (Å²) in [6.45, 7) is 3.98. The second-order valence-electron chi connectivity index (χ2n) is 8.03. The molecule has 0 aliphatic carbocycles. The Hall–Kier alpha value is -3.93. The average molecular weight is 445 g/mol. The first-order valence-electron chi connectivity index (χ1n) is 10.7. The summed E-state index contributed by atoms with van der Waals surface area (Å²) in [5.41, 5.74) is 3.20. The van der Waals surface area contributed by atoms with Crippen molar-refractivity contribution in [2.45, 2.75) is 26.8 Å². The molecule has 168 valence electrons. The van der Waals surface area contributed by atoms with Gasteiger partial charge in [-0.05, 0) is 66.9 Å². The van der Waals surface area contributed by atoms with Gasteiger partial charge in [0.1, 0.15) is 17.1 Å². The van der Waals surface area contributed by atoms with Crippen molar-refractivity contribution in [3.63, 3.8) is 0 Å². The number of carbonyl (C=O) groups is 2. The molecule has 1 aromatic heterocycles. The van der Waals surface area contributed by atoms with Crippen molar-refractivity contribution in [2.24, 2.45) is 0 Å². The van der Waals surface area contributed by atoms with Gasteiger partial charge in [0.05, 0.1) is 0 Å². The van der Waals surface area contributed by atoms with Gasteiger partial charge < -0.3 is 14.4 Å². The molecule has 0 aliphatic rings. The van der Waals surface area contributed by atoms with Gasteiger partial charge >= 0.3 is 5.97 Å². The van der Waals surface area contributed by atoms with Crippen LogP contribution in [0.4, 0.5) is 4.39 Å². The van der Waals surface area contributed by atoms with Crippen LogP contribution in [0, 0.1) is 19.7 Å². The number of phenols is 1. The van der Waals surface area contributed by atoms with E-state index in [0.29, 0.717) is 18.5 Å². The number of ether oxygens (including phenoxy) is 1. The molecule has 0 spiro atoms. The van der Waals surface area contributed by atoms with Crippen molar-refractivity contribution in [1.29, 1.82) is 0 Å². The van der Waals surface area contributed by atoms with Crippen LogP contribution in [0.25, 0.3) is 10.8 Å². The number of aryl methyl sites for hydroxylation is 2. The molecule has 0 fully saturated rings. The van der Waals surface area contributed by atoms with Gasteiger partial charge in [-0.2, -0.15) is 0 Å². The number of esters is 1. The molecule has 33 heavy (non-hydrogen) atoms. The fourth-order valence-corrected chi connectivity index (χ4v) is 4.00.